The molecule has 0 aromatic carbocycles. The molecule has 2 aliphatic rings. The fraction of sp³-hybridized carbons (Fsp3) is 0.615. The van der Waals surface area contributed by atoms with Crippen LogP contribution in [0, 0.1) is 0 Å². The zero-order valence-corrected chi connectivity index (χ0v) is 13.4. The van der Waals surface area contributed by atoms with Gasteiger partial charge < -0.3 is 10.6 Å². The Kier molecular flexibility index (Phi) is 4.11. The SMILES string of the molecule is NC(=O)N1CCCn2c(nc(CNS(=O)(=O)C3CC3)cc2=O)C1. The van der Waals surface area contributed by atoms with E-state index in [0.29, 0.717) is 43.9 Å². The summed E-state index contributed by atoms with van der Waals surface area (Å²) in [5.74, 6) is 0.425. The number of hydrogen-bond donors (Lipinski definition) is 2. The van der Waals surface area contributed by atoms with E-state index < -0.39 is 16.1 Å². The number of nitrogens with zero attached hydrogens (tertiary/aromatic N) is 3. The summed E-state index contributed by atoms with van der Waals surface area (Å²) in [6.07, 6.45) is 1.96. The molecule has 0 saturated heterocycles. The van der Waals surface area contributed by atoms with Gasteiger partial charge >= 0.3 is 6.03 Å². The van der Waals surface area contributed by atoms with Gasteiger partial charge in [0.05, 0.1) is 24.0 Å². The van der Waals surface area contributed by atoms with Gasteiger partial charge in [0.2, 0.25) is 10.0 Å². The van der Waals surface area contributed by atoms with Crippen molar-refractivity contribution in [1.82, 2.24) is 19.2 Å². The van der Waals surface area contributed by atoms with Crippen molar-refractivity contribution in [2.45, 2.75) is 44.1 Å². The van der Waals surface area contributed by atoms with Gasteiger partial charge in [0.15, 0.2) is 0 Å². The normalized spacial score (nSPS) is 18.3. The highest BCUT2D eigenvalue weighted by Gasteiger charge is 2.35. The van der Waals surface area contributed by atoms with Crippen molar-refractivity contribution in [3.05, 3.63) is 27.9 Å². The number of primary amides is 1. The van der Waals surface area contributed by atoms with Crippen LogP contribution in [0.5, 0.6) is 0 Å². The van der Waals surface area contributed by atoms with Gasteiger partial charge in [-0.05, 0) is 19.3 Å². The number of rotatable bonds is 4. The number of aromatic nitrogens is 2. The summed E-state index contributed by atoms with van der Waals surface area (Å²) in [5.41, 5.74) is 5.40. The molecule has 2 heterocycles. The average molecular weight is 341 g/mol. The Morgan fingerprint density at radius 1 is 1.39 bits per heavy atom. The van der Waals surface area contributed by atoms with Crippen LogP contribution in [-0.2, 0) is 29.7 Å². The molecule has 1 aromatic rings. The Balaban J connectivity index is 1.82. The van der Waals surface area contributed by atoms with Crippen LogP contribution in [0.3, 0.4) is 0 Å². The summed E-state index contributed by atoms with van der Waals surface area (Å²) in [6.45, 7) is 1.03. The number of fused-ring (bicyclic) bond motifs is 1. The minimum absolute atomic E-state index is 0.0293. The highest BCUT2D eigenvalue weighted by Crippen LogP contribution is 2.27. The van der Waals surface area contributed by atoms with Crippen molar-refractivity contribution < 1.29 is 13.2 Å². The van der Waals surface area contributed by atoms with E-state index in [4.69, 9.17) is 5.73 Å². The van der Waals surface area contributed by atoms with E-state index in [0.717, 1.165) is 0 Å². The van der Waals surface area contributed by atoms with Crippen molar-refractivity contribution in [2.24, 2.45) is 5.73 Å². The molecule has 0 bridgehead atoms. The predicted molar refractivity (Wildman–Crippen MR) is 81.9 cm³/mol. The van der Waals surface area contributed by atoms with E-state index in [1.165, 1.54) is 15.5 Å². The van der Waals surface area contributed by atoms with Crippen molar-refractivity contribution in [2.75, 3.05) is 6.54 Å². The van der Waals surface area contributed by atoms with Gasteiger partial charge in [-0.15, -0.1) is 0 Å². The number of amides is 2. The third-order valence-electron chi connectivity index (χ3n) is 4.01. The molecule has 126 valence electrons. The third-order valence-corrected chi connectivity index (χ3v) is 5.91. The van der Waals surface area contributed by atoms with Crippen LogP contribution in [0.2, 0.25) is 0 Å². The first-order chi connectivity index (χ1) is 10.9. The molecular formula is C13H19N5O4S. The van der Waals surface area contributed by atoms with Gasteiger partial charge in [0, 0.05) is 19.2 Å². The number of urea groups is 1. The summed E-state index contributed by atoms with van der Waals surface area (Å²) < 4.78 is 27.7. The number of nitrogens with two attached hydrogens (primary N) is 1. The number of carbonyl (C=O) groups excluding carboxylic acids is 1. The average Bonchev–Trinajstić information content (AvgIpc) is 3.31. The Morgan fingerprint density at radius 2 is 2.13 bits per heavy atom. The Labute approximate surface area is 133 Å². The summed E-state index contributed by atoms with van der Waals surface area (Å²) in [4.78, 5) is 29.3. The maximum Gasteiger partial charge on any atom is 0.315 e. The van der Waals surface area contributed by atoms with Crippen LogP contribution in [0.4, 0.5) is 4.79 Å². The van der Waals surface area contributed by atoms with Gasteiger partial charge in [-0.25, -0.2) is 22.9 Å². The minimum Gasteiger partial charge on any atom is -0.351 e. The molecule has 0 atom stereocenters. The second-order valence-electron chi connectivity index (χ2n) is 5.83. The monoisotopic (exact) mass is 341 g/mol. The molecular weight excluding hydrogens is 322 g/mol. The van der Waals surface area contributed by atoms with Crippen LogP contribution < -0.4 is 16.0 Å². The molecule has 10 heteroatoms. The van der Waals surface area contributed by atoms with Gasteiger partial charge in [0.1, 0.15) is 5.82 Å². The van der Waals surface area contributed by atoms with Crippen LogP contribution in [-0.4, -0.2) is 40.7 Å². The molecule has 9 nitrogen and oxygen atoms in total. The van der Waals surface area contributed by atoms with Crippen molar-refractivity contribution in [3.63, 3.8) is 0 Å². The van der Waals surface area contributed by atoms with Crippen LogP contribution in [0.15, 0.2) is 10.9 Å². The fourth-order valence-corrected chi connectivity index (χ4v) is 3.93. The van der Waals surface area contributed by atoms with Crippen LogP contribution >= 0.6 is 0 Å². The molecule has 3 N–H and O–H groups in total. The zero-order valence-electron chi connectivity index (χ0n) is 12.6. The topological polar surface area (TPSA) is 127 Å². The van der Waals surface area contributed by atoms with Gasteiger partial charge in [-0.3, -0.25) is 9.36 Å². The molecule has 1 saturated carbocycles. The Morgan fingerprint density at radius 3 is 2.78 bits per heavy atom. The van der Waals surface area contributed by atoms with Crippen molar-refractivity contribution in [3.8, 4) is 0 Å². The molecule has 0 radical (unpaired) electrons. The predicted octanol–water partition coefficient (Wildman–Crippen LogP) is -0.890. The lowest BCUT2D eigenvalue weighted by molar-refractivity contribution is 0.205. The van der Waals surface area contributed by atoms with Gasteiger partial charge in [0.25, 0.3) is 5.56 Å². The minimum atomic E-state index is -3.33. The molecule has 3 rings (SSSR count). The van der Waals surface area contributed by atoms with Crippen molar-refractivity contribution >= 4 is 16.1 Å². The lowest BCUT2D eigenvalue weighted by atomic mass is 10.3. The van der Waals surface area contributed by atoms with Crippen LogP contribution in [0.25, 0.3) is 0 Å². The molecule has 2 amide bonds. The third kappa shape index (κ3) is 3.53. The molecule has 23 heavy (non-hydrogen) atoms. The largest absolute Gasteiger partial charge is 0.351 e. The zero-order chi connectivity index (χ0) is 16.6. The first kappa shape index (κ1) is 15.9. The van der Waals surface area contributed by atoms with E-state index in [2.05, 4.69) is 9.71 Å². The highest BCUT2D eigenvalue weighted by atomic mass is 32.2. The molecule has 1 fully saturated rings. The van der Waals surface area contributed by atoms with Crippen molar-refractivity contribution in [1.29, 1.82) is 0 Å². The second-order valence-corrected chi connectivity index (χ2v) is 7.88. The molecule has 0 unspecified atom stereocenters. The van der Waals surface area contributed by atoms with E-state index in [-0.39, 0.29) is 23.9 Å². The lowest BCUT2D eigenvalue weighted by Gasteiger charge is -2.17. The smallest absolute Gasteiger partial charge is 0.315 e. The molecule has 1 aliphatic heterocycles. The Hall–Kier alpha value is -1.94. The molecule has 0 spiro atoms. The van der Waals surface area contributed by atoms with Gasteiger partial charge in [-0.2, -0.15) is 0 Å². The standard InChI is InChI=1S/C13H19N5O4S/c14-13(20)17-4-1-5-18-11(8-17)16-9(6-12(18)19)7-15-23(21,22)10-2-3-10/h6,10,15H,1-5,7-8H2,(H2,14,20). The lowest BCUT2D eigenvalue weighted by Crippen LogP contribution is -2.36. The summed E-state index contributed by atoms with van der Waals surface area (Å²) in [7, 11) is -3.33. The van der Waals surface area contributed by atoms with E-state index in [1.807, 2.05) is 0 Å². The molecule has 1 aromatic heterocycles. The summed E-state index contributed by atoms with van der Waals surface area (Å²) in [5, 5.41) is -0.324. The maximum atomic E-state index is 12.2. The number of nitrogens with one attached hydrogen (secondary N) is 1. The molecule has 1 aliphatic carbocycles. The first-order valence-corrected chi connectivity index (χ1v) is 9.04. The van der Waals surface area contributed by atoms with E-state index >= 15 is 0 Å². The fourth-order valence-electron chi connectivity index (χ4n) is 2.58. The maximum absolute atomic E-state index is 12.2. The summed E-state index contributed by atoms with van der Waals surface area (Å²) in [6, 6.07) is 0.770. The quantitative estimate of drug-likeness (QED) is 0.734. The first-order valence-electron chi connectivity index (χ1n) is 7.49. The Bertz CT molecular complexity index is 784. The second kappa shape index (κ2) is 5.93. The van der Waals surface area contributed by atoms with Crippen LogP contribution in [0.1, 0.15) is 30.8 Å². The van der Waals surface area contributed by atoms with Gasteiger partial charge in [-0.1, -0.05) is 0 Å². The number of carbonyl (C=O) groups is 1. The summed E-state index contributed by atoms with van der Waals surface area (Å²) >= 11 is 0. The highest BCUT2D eigenvalue weighted by molar-refractivity contribution is 7.90. The number of sulfonamides is 1. The van der Waals surface area contributed by atoms with E-state index in [9.17, 15) is 18.0 Å². The number of hydrogen-bond acceptors (Lipinski definition) is 5. The van der Waals surface area contributed by atoms with E-state index in [1.54, 1.807) is 0 Å².